The normalized spacial score (nSPS) is 14.9. The van der Waals surface area contributed by atoms with Crippen LogP contribution in [0.15, 0.2) is 24.3 Å². The summed E-state index contributed by atoms with van der Waals surface area (Å²) in [6.45, 7) is 13.5. The first-order chi connectivity index (χ1) is 8.09. The molecule has 0 amide bonds. The highest BCUT2D eigenvalue weighted by Gasteiger charge is 2.43. The van der Waals surface area contributed by atoms with Gasteiger partial charge in [-0.1, -0.05) is 65.8 Å². The summed E-state index contributed by atoms with van der Waals surface area (Å²) >= 11 is 0. The monoisotopic (exact) mass is 277 g/mol. The van der Waals surface area contributed by atoms with E-state index in [0.29, 0.717) is 5.41 Å². The summed E-state index contributed by atoms with van der Waals surface area (Å²) in [5.41, 5.74) is 3.63. The smallest absolute Gasteiger partial charge is 0.000483 e. The molecule has 0 N–H and O–H groups in total. The van der Waals surface area contributed by atoms with Crippen molar-refractivity contribution in [3.8, 4) is 0 Å². The molecular formula is C17H30BS. The summed E-state index contributed by atoms with van der Waals surface area (Å²) in [4.78, 5) is 0. The molecule has 0 bridgehead atoms. The van der Waals surface area contributed by atoms with Gasteiger partial charge in [0.25, 0.3) is 0 Å². The molecule has 2 heteroatoms. The molecule has 3 radical (unpaired) electrons. The average molecular weight is 277 g/mol. The SMILES string of the molecule is CC.CC(C)C1(C(C)C)CCc2ccccc21.S.[B]. The molecule has 0 fully saturated rings. The van der Waals surface area contributed by atoms with Crippen molar-refractivity contribution in [2.45, 2.75) is 59.8 Å². The Hall–Kier alpha value is -0.365. The van der Waals surface area contributed by atoms with Gasteiger partial charge in [0.15, 0.2) is 0 Å². The van der Waals surface area contributed by atoms with Gasteiger partial charge in [-0.05, 0) is 35.8 Å². The summed E-state index contributed by atoms with van der Waals surface area (Å²) in [5, 5.41) is 0. The number of hydrogen-bond donors (Lipinski definition) is 0. The minimum absolute atomic E-state index is 0. The van der Waals surface area contributed by atoms with Crippen LogP contribution in [0.2, 0.25) is 0 Å². The predicted molar refractivity (Wildman–Crippen MR) is 93.6 cm³/mol. The van der Waals surface area contributed by atoms with Gasteiger partial charge < -0.3 is 0 Å². The van der Waals surface area contributed by atoms with E-state index in [-0.39, 0.29) is 21.9 Å². The molecule has 0 atom stereocenters. The van der Waals surface area contributed by atoms with Gasteiger partial charge in [-0.3, -0.25) is 0 Å². The molecule has 2 rings (SSSR count). The van der Waals surface area contributed by atoms with Crippen molar-refractivity contribution in [1.82, 2.24) is 0 Å². The van der Waals surface area contributed by atoms with Gasteiger partial charge >= 0.3 is 0 Å². The zero-order valence-electron chi connectivity index (χ0n) is 13.5. The molecule has 0 heterocycles. The van der Waals surface area contributed by atoms with Crippen LogP contribution in [0.1, 0.15) is 59.1 Å². The van der Waals surface area contributed by atoms with E-state index in [1.165, 1.54) is 12.8 Å². The van der Waals surface area contributed by atoms with E-state index in [2.05, 4.69) is 52.0 Å². The molecule has 0 saturated carbocycles. The molecule has 107 valence electrons. The zero-order valence-corrected chi connectivity index (χ0v) is 14.5. The molecule has 1 aromatic rings. The van der Waals surface area contributed by atoms with Crippen molar-refractivity contribution in [3.05, 3.63) is 35.4 Å². The first-order valence-electron chi connectivity index (χ1n) is 7.17. The van der Waals surface area contributed by atoms with Crippen LogP contribution in [0.4, 0.5) is 0 Å². The van der Waals surface area contributed by atoms with Crippen LogP contribution in [-0.4, -0.2) is 8.41 Å². The minimum Gasteiger partial charge on any atom is -0.197 e. The number of benzene rings is 1. The van der Waals surface area contributed by atoms with Crippen molar-refractivity contribution in [1.29, 1.82) is 0 Å². The van der Waals surface area contributed by atoms with Gasteiger partial charge in [0.2, 0.25) is 0 Å². The third kappa shape index (κ3) is 3.59. The molecule has 1 aromatic carbocycles. The van der Waals surface area contributed by atoms with Crippen molar-refractivity contribution in [2.75, 3.05) is 0 Å². The van der Waals surface area contributed by atoms with Crippen LogP contribution in [-0.2, 0) is 11.8 Å². The summed E-state index contributed by atoms with van der Waals surface area (Å²) in [5.74, 6) is 1.47. The molecule has 0 saturated heterocycles. The third-order valence-corrected chi connectivity index (χ3v) is 4.39. The van der Waals surface area contributed by atoms with E-state index < -0.39 is 0 Å². The Morgan fingerprint density at radius 3 is 1.89 bits per heavy atom. The minimum atomic E-state index is 0. The number of aryl methyl sites for hydroxylation is 1. The molecule has 0 aromatic heterocycles. The Morgan fingerprint density at radius 1 is 0.947 bits per heavy atom. The molecular weight excluding hydrogens is 247 g/mol. The third-order valence-electron chi connectivity index (χ3n) is 4.39. The number of fused-ring (bicyclic) bond motifs is 1. The second-order valence-corrected chi connectivity index (χ2v) is 5.51. The maximum Gasteiger partial charge on any atom is 0.000483 e. The van der Waals surface area contributed by atoms with Crippen LogP contribution < -0.4 is 0 Å². The van der Waals surface area contributed by atoms with Crippen molar-refractivity contribution in [3.63, 3.8) is 0 Å². The van der Waals surface area contributed by atoms with Gasteiger partial charge in [-0.25, -0.2) is 0 Å². The number of hydrogen-bond acceptors (Lipinski definition) is 0. The van der Waals surface area contributed by atoms with Gasteiger partial charge in [0.1, 0.15) is 0 Å². The van der Waals surface area contributed by atoms with Crippen LogP contribution >= 0.6 is 13.5 Å². The first kappa shape index (κ1) is 20.9. The van der Waals surface area contributed by atoms with Crippen LogP contribution in [0.3, 0.4) is 0 Å². The molecule has 1 aliphatic carbocycles. The lowest BCUT2D eigenvalue weighted by atomic mass is 9.65. The van der Waals surface area contributed by atoms with Crippen molar-refractivity contribution < 1.29 is 0 Å². The molecule has 0 spiro atoms. The highest BCUT2D eigenvalue weighted by atomic mass is 32.1. The molecule has 0 unspecified atom stereocenters. The standard InChI is InChI=1S/C15H22.C2H6.B.H2S/c1-11(2)15(12(3)4)10-9-13-7-5-6-8-14(13)15;1-2;;/h5-8,11-12H,9-10H2,1-4H3;1-2H3;;1H2. The van der Waals surface area contributed by atoms with Crippen LogP contribution in [0.5, 0.6) is 0 Å². The topological polar surface area (TPSA) is 0 Å². The first-order valence-corrected chi connectivity index (χ1v) is 7.17. The van der Waals surface area contributed by atoms with E-state index in [1.807, 2.05) is 13.8 Å². The van der Waals surface area contributed by atoms with Crippen LogP contribution in [0.25, 0.3) is 0 Å². The Balaban J connectivity index is 0. The fraction of sp³-hybridized carbons (Fsp3) is 0.647. The average Bonchev–Trinajstić information content (AvgIpc) is 2.72. The molecule has 0 nitrogen and oxygen atoms in total. The van der Waals surface area contributed by atoms with Gasteiger partial charge in [0, 0.05) is 13.8 Å². The Kier molecular flexibility index (Phi) is 9.63. The predicted octanol–water partition coefficient (Wildman–Crippen LogP) is 4.94. The lowest BCUT2D eigenvalue weighted by Gasteiger charge is -2.39. The second kappa shape index (κ2) is 8.74. The summed E-state index contributed by atoms with van der Waals surface area (Å²) in [7, 11) is 0. The maximum absolute atomic E-state index is 2.38. The second-order valence-electron chi connectivity index (χ2n) is 5.51. The van der Waals surface area contributed by atoms with Gasteiger partial charge in [-0.15, -0.1) is 0 Å². The van der Waals surface area contributed by atoms with Crippen LogP contribution in [0, 0.1) is 11.8 Å². The zero-order chi connectivity index (χ0) is 13.1. The lowest BCUT2D eigenvalue weighted by molar-refractivity contribution is 0.218. The quantitative estimate of drug-likeness (QED) is 0.672. The van der Waals surface area contributed by atoms with Gasteiger partial charge in [-0.2, -0.15) is 13.5 Å². The van der Waals surface area contributed by atoms with E-state index in [4.69, 9.17) is 0 Å². The number of rotatable bonds is 2. The molecule has 19 heavy (non-hydrogen) atoms. The van der Waals surface area contributed by atoms with E-state index in [0.717, 1.165) is 11.8 Å². The fourth-order valence-electron chi connectivity index (χ4n) is 3.53. The highest BCUT2D eigenvalue weighted by Crippen LogP contribution is 2.49. The van der Waals surface area contributed by atoms with Gasteiger partial charge in [0.05, 0.1) is 0 Å². The van der Waals surface area contributed by atoms with Crippen molar-refractivity contribution in [2.24, 2.45) is 11.8 Å². The van der Waals surface area contributed by atoms with Crippen molar-refractivity contribution >= 4 is 21.9 Å². The lowest BCUT2D eigenvalue weighted by Crippen LogP contribution is -2.35. The fourth-order valence-corrected chi connectivity index (χ4v) is 3.53. The highest BCUT2D eigenvalue weighted by molar-refractivity contribution is 7.59. The maximum atomic E-state index is 2.38. The summed E-state index contributed by atoms with van der Waals surface area (Å²) in [6, 6.07) is 9.03. The van der Waals surface area contributed by atoms with E-state index in [1.54, 1.807) is 11.1 Å². The Labute approximate surface area is 129 Å². The largest absolute Gasteiger partial charge is 0.197 e. The molecule has 1 aliphatic rings. The summed E-state index contributed by atoms with van der Waals surface area (Å²) in [6.07, 6.45) is 2.61. The molecule has 0 aliphatic heterocycles. The Bertz CT molecular complexity index is 350. The summed E-state index contributed by atoms with van der Waals surface area (Å²) < 4.78 is 0. The Morgan fingerprint density at radius 2 is 1.42 bits per heavy atom. The van der Waals surface area contributed by atoms with E-state index in [9.17, 15) is 0 Å². The van der Waals surface area contributed by atoms with E-state index >= 15 is 0 Å².